The van der Waals surface area contributed by atoms with Crippen molar-refractivity contribution in [2.75, 3.05) is 6.61 Å². The van der Waals surface area contributed by atoms with Crippen LogP contribution < -0.4 is 16.6 Å². The number of nitrogens with two attached hydrogens (primary N) is 1. The third-order valence-corrected chi connectivity index (χ3v) is 2.03. The van der Waals surface area contributed by atoms with E-state index < -0.39 is 11.8 Å². The lowest BCUT2D eigenvalue weighted by Crippen LogP contribution is -2.48. The number of carbonyl (C=O) groups excluding carboxylic acids is 2. The van der Waals surface area contributed by atoms with Crippen molar-refractivity contribution in [2.24, 2.45) is 5.84 Å². The Hall–Kier alpha value is -1.14. The third-order valence-electron chi connectivity index (χ3n) is 2.03. The van der Waals surface area contributed by atoms with Crippen LogP contribution in [0.2, 0.25) is 0 Å². The van der Waals surface area contributed by atoms with Crippen molar-refractivity contribution >= 4 is 11.8 Å². The van der Waals surface area contributed by atoms with Gasteiger partial charge in [0.15, 0.2) is 0 Å². The van der Waals surface area contributed by atoms with Crippen LogP contribution in [0.1, 0.15) is 13.3 Å². The highest BCUT2D eigenvalue weighted by Crippen LogP contribution is 2.11. The Labute approximate surface area is 75.8 Å². The second kappa shape index (κ2) is 4.20. The third kappa shape index (κ3) is 2.40. The molecule has 13 heavy (non-hydrogen) atoms. The van der Waals surface area contributed by atoms with Gasteiger partial charge < -0.3 is 10.1 Å². The minimum atomic E-state index is -0.834. The van der Waals surface area contributed by atoms with Crippen LogP contribution in [-0.2, 0) is 14.3 Å². The van der Waals surface area contributed by atoms with Gasteiger partial charge in [-0.05, 0) is 13.3 Å². The van der Waals surface area contributed by atoms with Gasteiger partial charge in [-0.25, -0.2) is 5.84 Å². The molecule has 4 N–H and O–H groups in total. The molecule has 1 heterocycles. The first-order valence-corrected chi connectivity index (χ1v) is 4.08. The minimum Gasteiger partial charge on any atom is -0.376 e. The average Bonchev–Trinajstić information content (AvgIpc) is 2.50. The molecule has 0 radical (unpaired) electrons. The zero-order valence-electron chi connectivity index (χ0n) is 7.37. The molecule has 0 aromatic heterocycles. The van der Waals surface area contributed by atoms with E-state index in [9.17, 15) is 9.59 Å². The molecule has 2 amide bonds. The Bertz CT molecular complexity index is 219. The summed E-state index contributed by atoms with van der Waals surface area (Å²) >= 11 is 0. The highest BCUT2D eigenvalue weighted by Gasteiger charge is 2.27. The van der Waals surface area contributed by atoms with Gasteiger partial charge in [0.2, 0.25) is 0 Å². The highest BCUT2D eigenvalue weighted by molar-refractivity contribution is 6.34. The minimum absolute atomic E-state index is 0.0467. The van der Waals surface area contributed by atoms with Crippen molar-refractivity contribution < 1.29 is 14.3 Å². The monoisotopic (exact) mass is 187 g/mol. The fraction of sp³-hybridized carbons (Fsp3) is 0.714. The molecule has 1 fully saturated rings. The number of rotatable bonds is 1. The summed E-state index contributed by atoms with van der Waals surface area (Å²) in [5, 5.41) is 2.52. The van der Waals surface area contributed by atoms with Gasteiger partial charge >= 0.3 is 11.8 Å². The Morgan fingerprint density at radius 3 is 2.62 bits per heavy atom. The smallest absolute Gasteiger partial charge is 0.323 e. The van der Waals surface area contributed by atoms with Crippen LogP contribution in [0.25, 0.3) is 0 Å². The van der Waals surface area contributed by atoms with Crippen LogP contribution in [0, 0.1) is 0 Å². The van der Waals surface area contributed by atoms with Crippen molar-refractivity contribution in [3.8, 4) is 0 Å². The zero-order valence-corrected chi connectivity index (χ0v) is 7.37. The van der Waals surface area contributed by atoms with Crippen LogP contribution in [-0.4, -0.2) is 30.6 Å². The molecule has 0 bridgehead atoms. The summed E-state index contributed by atoms with van der Waals surface area (Å²) in [6.45, 7) is 2.45. The van der Waals surface area contributed by atoms with Crippen molar-refractivity contribution in [1.82, 2.24) is 10.7 Å². The quantitative estimate of drug-likeness (QED) is 0.197. The number of hydrazine groups is 1. The summed E-state index contributed by atoms with van der Waals surface area (Å²) in [6, 6.07) is -0.0928. The van der Waals surface area contributed by atoms with Crippen LogP contribution in [0.4, 0.5) is 0 Å². The summed E-state index contributed by atoms with van der Waals surface area (Å²) in [4.78, 5) is 21.7. The Kier molecular flexibility index (Phi) is 3.21. The number of ether oxygens (including phenoxy) is 1. The summed E-state index contributed by atoms with van der Waals surface area (Å²) < 4.78 is 5.20. The lowest BCUT2D eigenvalue weighted by Gasteiger charge is -2.14. The van der Waals surface area contributed by atoms with Crippen molar-refractivity contribution in [1.29, 1.82) is 0 Å². The second-order valence-electron chi connectivity index (χ2n) is 2.92. The molecule has 74 valence electrons. The van der Waals surface area contributed by atoms with Gasteiger partial charge in [0.05, 0.1) is 12.1 Å². The fourth-order valence-corrected chi connectivity index (χ4v) is 1.22. The molecule has 0 aromatic carbocycles. The van der Waals surface area contributed by atoms with E-state index in [0.29, 0.717) is 6.61 Å². The Morgan fingerprint density at radius 2 is 2.15 bits per heavy atom. The summed E-state index contributed by atoms with van der Waals surface area (Å²) in [7, 11) is 0. The maximum atomic E-state index is 11.0. The summed E-state index contributed by atoms with van der Waals surface area (Å²) in [5.41, 5.74) is 1.76. The van der Waals surface area contributed by atoms with Gasteiger partial charge in [-0.3, -0.25) is 15.0 Å². The predicted molar refractivity (Wildman–Crippen MR) is 44.3 cm³/mol. The lowest BCUT2D eigenvalue weighted by molar-refractivity contribution is -0.139. The summed E-state index contributed by atoms with van der Waals surface area (Å²) in [5.74, 6) is 3.24. The SMILES string of the molecule is CC1OCCC1NC(=O)C(=O)NN. The topological polar surface area (TPSA) is 93.4 Å². The van der Waals surface area contributed by atoms with Crippen molar-refractivity contribution in [3.63, 3.8) is 0 Å². The van der Waals surface area contributed by atoms with Crippen LogP contribution >= 0.6 is 0 Å². The van der Waals surface area contributed by atoms with E-state index in [-0.39, 0.29) is 12.1 Å². The number of hydrogen-bond acceptors (Lipinski definition) is 4. The molecular weight excluding hydrogens is 174 g/mol. The molecule has 2 atom stereocenters. The summed E-state index contributed by atoms with van der Waals surface area (Å²) in [6.07, 6.45) is 0.680. The highest BCUT2D eigenvalue weighted by atomic mass is 16.5. The van der Waals surface area contributed by atoms with Crippen LogP contribution in [0.3, 0.4) is 0 Å². The van der Waals surface area contributed by atoms with Crippen LogP contribution in [0.5, 0.6) is 0 Å². The molecule has 0 aromatic rings. The standard InChI is InChI=1S/C7H13N3O3/c1-4-5(2-3-13-4)9-6(11)7(12)10-8/h4-5H,2-3,8H2,1H3,(H,9,11)(H,10,12). The molecule has 1 aliphatic rings. The number of amides is 2. The molecule has 6 heteroatoms. The number of carbonyl (C=O) groups is 2. The van der Waals surface area contributed by atoms with Gasteiger partial charge in [-0.2, -0.15) is 0 Å². The molecule has 0 spiro atoms. The number of hydrogen-bond donors (Lipinski definition) is 3. The second-order valence-corrected chi connectivity index (χ2v) is 2.92. The van der Waals surface area contributed by atoms with Gasteiger partial charge in [0, 0.05) is 6.61 Å². The maximum absolute atomic E-state index is 11.0. The van der Waals surface area contributed by atoms with E-state index in [0.717, 1.165) is 6.42 Å². The Balaban J connectivity index is 2.39. The predicted octanol–water partition coefficient (Wildman–Crippen LogP) is -1.73. The van der Waals surface area contributed by atoms with Crippen molar-refractivity contribution in [3.05, 3.63) is 0 Å². The van der Waals surface area contributed by atoms with Crippen LogP contribution in [0.15, 0.2) is 0 Å². The van der Waals surface area contributed by atoms with E-state index >= 15 is 0 Å². The molecule has 1 rings (SSSR count). The zero-order chi connectivity index (χ0) is 9.84. The molecule has 2 unspecified atom stereocenters. The van der Waals surface area contributed by atoms with Gasteiger partial charge in [-0.1, -0.05) is 0 Å². The molecule has 1 saturated heterocycles. The average molecular weight is 187 g/mol. The first-order chi connectivity index (χ1) is 6.15. The number of nitrogens with one attached hydrogen (secondary N) is 2. The molecule has 1 aliphatic heterocycles. The van der Waals surface area contributed by atoms with Gasteiger partial charge in [0.25, 0.3) is 0 Å². The van der Waals surface area contributed by atoms with Crippen molar-refractivity contribution in [2.45, 2.75) is 25.5 Å². The Morgan fingerprint density at radius 1 is 1.46 bits per heavy atom. The lowest BCUT2D eigenvalue weighted by atomic mass is 10.1. The first kappa shape index (κ1) is 9.94. The largest absolute Gasteiger partial charge is 0.376 e. The molecule has 6 nitrogen and oxygen atoms in total. The van der Waals surface area contributed by atoms with E-state index in [1.807, 2.05) is 6.92 Å². The first-order valence-electron chi connectivity index (χ1n) is 4.08. The van der Waals surface area contributed by atoms with Gasteiger partial charge in [-0.15, -0.1) is 0 Å². The molecule has 0 saturated carbocycles. The van der Waals surface area contributed by atoms with Gasteiger partial charge in [0.1, 0.15) is 0 Å². The molecular formula is C7H13N3O3. The van der Waals surface area contributed by atoms with E-state index in [1.54, 1.807) is 5.43 Å². The molecule has 0 aliphatic carbocycles. The van der Waals surface area contributed by atoms with E-state index in [4.69, 9.17) is 10.6 Å². The normalized spacial score (nSPS) is 26.9. The van der Waals surface area contributed by atoms with E-state index in [1.165, 1.54) is 0 Å². The van der Waals surface area contributed by atoms with E-state index in [2.05, 4.69) is 5.32 Å². The maximum Gasteiger partial charge on any atom is 0.323 e. The fourth-order valence-electron chi connectivity index (χ4n) is 1.22.